The number of rotatable bonds is 2. The fraction of sp³-hybridized carbons (Fsp3) is 0.647. The van der Waals surface area contributed by atoms with Crippen LogP contribution in [-0.4, -0.2) is 11.1 Å². The van der Waals surface area contributed by atoms with Crippen molar-refractivity contribution >= 4 is 5.69 Å². The van der Waals surface area contributed by atoms with Gasteiger partial charge in [0.1, 0.15) is 0 Å². The van der Waals surface area contributed by atoms with Gasteiger partial charge >= 0.3 is 0 Å². The zero-order valence-corrected chi connectivity index (χ0v) is 11.8. The first kappa shape index (κ1) is 11.8. The monoisotopic (exact) mass is 256 g/mol. The molecule has 0 radical (unpaired) electrons. The van der Waals surface area contributed by atoms with E-state index in [4.69, 9.17) is 5.73 Å². The third kappa shape index (κ3) is 1.88. The highest BCUT2D eigenvalue weighted by Gasteiger charge is 2.56. The molecule has 4 bridgehead atoms. The van der Waals surface area contributed by atoms with Gasteiger partial charge in [0.15, 0.2) is 0 Å². The smallest absolute Gasteiger partial charge is 0.0396 e. The van der Waals surface area contributed by atoms with Gasteiger partial charge in [-0.3, -0.25) is 0 Å². The number of benzene rings is 1. The van der Waals surface area contributed by atoms with Crippen LogP contribution >= 0.6 is 0 Å². The molecule has 1 aromatic rings. The summed E-state index contributed by atoms with van der Waals surface area (Å²) in [7, 11) is 0. The lowest BCUT2D eigenvalue weighted by Crippen LogP contribution is -2.65. The Morgan fingerprint density at radius 2 is 1.79 bits per heavy atom. The lowest BCUT2D eigenvalue weighted by molar-refractivity contribution is -0.00778. The fourth-order valence-corrected chi connectivity index (χ4v) is 5.48. The van der Waals surface area contributed by atoms with Gasteiger partial charge in [0.2, 0.25) is 0 Å². The summed E-state index contributed by atoms with van der Waals surface area (Å²) in [6.45, 7) is 2.20. The van der Waals surface area contributed by atoms with Gasteiger partial charge in [-0.05, 0) is 68.9 Å². The average Bonchev–Trinajstić information content (AvgIpc) is 2.28. The van der Waals surface area contributed by atoms with Crippen molar-refractivity contribution in [3.8, 4) is 0 Å². The zero-order chi connectivity index (χ0) is 13.1. The van der Waals surface area contributed by atoms with Crippen molar-refractivity contribution < 1.29 is 0 Å². The Morgan fingerprint density at radius 1 is 1.11 bits per heavy atom. The molecule has 0 aromatic heterocycles. The van der Waals surface area contributed by atoms with E-state index in [1.807, 2.05) is 0 Å². The van der Waals surface area contributed by atoms with Gasteiger partial charge in [-0.25, -0.2) is 0 Å². The summed E-state index contributed by atoms with van der Waals surface area (Å²) in [5, 5.41) is 3.90. The molecule has 3 N–H and O–H groups in total. The lowest BCUT2D eigenvalue weighted by atomic mass is 9.50. The summed E-state index contributed by atoms with van der Waals surface area (Å²) >= 11 is 0. The summed E-state index contributed by atoms with van der Waals surface area (Å²) in [5.74, 6) is 1.73. The Bertz CT molecular complexity index is 494. The maximum Gasteiger partial charge on any atom is 0.0396 e. The molecule has 4 aliphatic carbocycles. The van der Waals surface area contributed by atoms with Crippen molar-refractivity contribution in [2.45, 2.75) is 56.5 Å². The topological polar surface area (TPSA) is 38.0 Å². The molecule has 19 heavy (non-hydrogen) atoms. The Morgan fingerprint density at radius 3 is 2.42 bits per heavy atom. The Hall–Kier alpha value is -1.02. The Balaban J connectivity index is 1.66. The number of hydrogen-bond donors (Lipinski definition) is 2. The maximum atomic E-state index is 6.66. The van der Waals surface area contributed by atoms with Crippen LogP contribution in [-0.2, 0) is 0 Å². The van der Waals surface area contributed by atoms with Crippen molar-refractivity contribution in [3.63, 3.8) is 0 Å². The van der Waals surface area contributed by atoms with Crippen LogP contribution < -0.4 is 11.1 Å². The van der Waals surface area contributed by atoms with Crippen LogP contribution in [0.4, 0.5) is 5.69 Å². The van der Waals surface area contributed by atoms with Gasteiger partial charge in [0.05, 0.1) is 0 Å². The quantitative estimate of drug-likeness (QED) is 0.850. The predicted octanol–water partition coefficient (Wildman–Crippen LogP) is 3.46. The minimum Gasteiger partial charge on any atom is -0.379 e. The van der Waals surface area contributed by atoms with Gasteiger partial charge in [0.25, 0.3) is 0 Å². The van der Waals surface area contributed by atoms with Crippen LogP contribution in [0.3, 0.4) is 0 Å². The molecular weight excluding hydrogens is 232 g/mol. The second-order valence-electron chi connectivity index (χ2n) is 7.54. The molecule has 0 amide bonds. The molecule has 4 saturated carbocycles. The van der Waals surface area contributed by atoms with E-state index in [0.717, 1.165) is 11.8 Å². The zero-order valence-electron chi connectivity index (χ0n) is 11.8. The Labute approximate surface area is 115 Å². The number of hydrogen-bond acceptors (Lipinski definition) is 2. The maximum absolute atomic E-state index is 6.66. The SMILES string of the molecule is Cc1ccccc1NC12CC3CC(CC(N)(C3)C1)C2. The van der Waals surface area contributed by atoms with E-state index in [1.54, 1.807) is 0 Å². The van der Waals surface area contributed by atoms with E-state index >= 15 is 0 Å². The minimum atomic E-state index is 0.125. The van der Waals surface area contributed by atoms with E-state index < -0.39 is 0 Å². The van der Waals surface area contributed by atoms with Gasteiger partial charge in [0, 0.05) is 16.8 Å². The van der Waals surface area contributed by atoms with Gasteiger partial charge < -0.3 is 11.1 Å². The summed E-state index contributed by atoms with van der Waals surface area (Å²) in [4.78, 5) is 0. The highest BCUT2D eigenvalue weighted by Crippen LogP contribution is 2.57. The standard InChI is InChI=1S/C17H24N2/c1-12-4-2-3-5-15(12)19-17-9-13-6-14(10-17)8-16(18,7-13)11-17/h2-5,13-14,19H,6-11,18H2,1H3. The largest absolute Gasteiger partial charge is 0.379 e. The summed E-state index contributed by atoms with van der Waals surface area (Å²) < 4.78 is 0. The van der Waals surface area contributed by atoms with E-state index in [-0.39, 0.29) is 11.1 Å². The molecule has 2 nitrogen and oxygen atoms in total. The molecule has 4 fully saturated rings. The van der Waals surface area contributed by atoms with Crippen LogP contribution in [0.1, 0.15) is 44.1 Å². The summed E-state index contributed by atoms with van der Waals surface area (Å²) in [5.41, 5.74) is 9.73. The second kappa shape index (κ2) is 3.76. The molecule has 2 unspecified atom stereocenters. The van der Waals surface area contributed by atoms with Crippen molar-refractivity contribution in [1.82, 2.24) is 0 Å². The van der Waals surface area contributed by atoms with Gasteiger partial charge in [-0.15, -0.1) is 0 Å². The van der Waals surface area contributed by atoms with Gasteiger partial charge in [-0.2, -0.15) is 0 Å². The average molecular weight is 256 g/mol. The summed E-state index contributed by atoms with van der Waals surface area (Å²) in [6, 6.07) is 8.66. The van der Waals surface area contributed by atoms with E-state index in [2.05, 4.69) is 36.5 Å². The minimum absolute atomic E-state index is 0.125. The first-order valence-corrected chi connectivity index (χ1v) is 7.69. The van der Waals surface area contributed by atoms with Crippen LogP contribution in [0.2, 0.25) is 0 Å². The molecule has 4 aliphatic rings. The molecule has 0 heterocycles. The van der Waals surface area contributed by atoms with Gasteiger partial charge in [-0.1, -0.05) is 18.2 Å². The molecule has 2 heteroatoms. The van der Waals surface area contributed by atoms with E-state index in [1.165, 1.54) is 49.8 Å². The first-order chi connectivity index (χ1) is 9.06. The highest BCUT2D eigenvalue weighted by molar-refractivity contribution is 5.53. The first-order valence-electron chi connectivity index (χ1n) is 7.69. The number of nitrogens with one attached hydrogen (secondary N) is 1. The number of anilines is 1. The highest BCUT2D eigenvalue weighted by atomic mass is 15.0. The molecule has 2 atom stereocenters. The summed E-state index contributed by atoms with van der Waals surface area (Å²) in [6.07, 6.45) is 7.78. The van der Waals surface area contributed by atoms with Crippen LogP contribution in [0.25, 0.3) is 0 Å². The predicted molar refractivity (Wildman–Crippen MR) is 79.1 cm³/mol. The van der Waals surface area contributed by atoms with Crippen LogP contribution in [0.15, 0.2) is 24.3 Å². The van der Waals surface area contributed by atoms with Crippen LogP contribution in [0.5, 0.6) is 0 Å². The number of nitrogens with two attached hydrogens (primary N) is 1. The third-order valence-corrected chi connectivity index (χ3v) is 5.65. The van der Waals surface area contributed by atoms with Crippen LogP contribution in [0, 0.1) is 18.8 Å². The van der Waals surface area contributed by atoms with Crippen molar-refractivity contribution in [2.75, 3.05) is 5.32 Å². The molecular formula is C17H24N2. The molecule has 1 aromatic carbocycles. The second-order valence-corrected chi connectivity index (χ2v) is 7.54. The van der Waals surface area contributed by atoms with Crippen molar-refractivity contribution in [3.05, 3.63) is 29.8 Å². The molecule has 5 rings (SSSR count). The number of aryl methyl sites for hydroxylation is 1. The molecule has 0 aliphatic heterocycles. The van der Waals surface area contributed by atoms with Crippen molar-refractivity contribution in [1.29, 1.82) is 0 Å². The molecule has 0 saturated heterocycles. The Kier molecular flexibility index (Phi) is 2.33. The number of para-hydroxylation sites is 1. The normalized spacial score (nSPS) is 43.5. The third-order valence-electron chi connectivity index (χ3n) is 5.65. The lowest BCUT2D eigenvalue weighted by Gasteiger charge is -2.61. The molecule has 0 spiro atoms. The van der Waals surface area contributed by atoms with Crippen molar-refractivity contribution in [2.24, 2.45) is 17.6 Å². The molecule has 102 valence electrons. The fourth-order valence-electron chi connectivity index (χ4n) is 5.48. The van der Waals surface area contributed by atoms with E-state index in [0.29, 0.717) is 0 Å². The van der Waals surface area contributed by atoms with E-state index in [9.17, 15) is 0 Å².